The first kappa shape index (κ1) is 11.9. The van der Waals surface area contributed by atoms with Gasteiger partial charge in [-0.15, -0.1) is 0 Å². The molecule has 0 atom stereocenters. The van der Waals surface area contributed by atoms with E-state index in [1.807, 2.05) is 31.2 Å². The van der Waals surface area contributed by atoms with E-state index in [9.17, 15) is 0 Å². The Bertz CT molecular complexity index is 529. The van der Waals surface area contributed by atoms with E-state index in [2.05, 4.69) is 4.98 Å². The zero-order valence-corrected chi connectivity index (χ0v) is 10.2. The van der Waals surface area contributed by atoms with Crippen LogP contribution in [0.1, 0.15) is 11.1 Å². The van der Waals surface area contributed by atoms with Gasteiger partial charge in [-0.3, -0.25) is 0 Å². The van der Waals surface area contributed by atoms with E-state index in [4.69, 9.17) is 22.1 Å². The Morgan fingerprint density at radius 2 is 2.18 bits per heavy atom. The second kappa shape index (κ2) is 5.17. The van der Waals surface area contributed by atoms with Gasteiger partial charge in [-0.2, -0.15) is 0 Å². The molecule has 4 heteroatoms. The van der Waals surface area contributed by atoms with E-state index < -0.39 is 0 Å². The van der Waals surface area contributed by atoms with Crippen LogP contribution in [-0.2, 0) is 6.54 Å². The summed E-state index contributed by atoms with van der Waals surface area (Å²) in [6.45, 7) is 2.32. The molecule has 17 heavy (non-hydrogen) atoms. The molecule has 2 rings (SSSR count). The lowest BCUT2D eigenvalue weighted by atomic mass is 10.2. The summed E-state index contributed by atoms with van der Waals surface area (Å²) < 4.78 is 5.69. The van der Waals surface area contributed by atoms with E-state index in [0.29, 0.717) is 23.2 Å². The lowest BCUT2D eigenvalue weighted by Crippen LogP contribution is -2.00. The fourth-order valence-corrected chi connectivity index (χ4v) is 1.75. The summed E-state index contributed by atoms with van der Waals surface area (Å²) in [4.78, 5) is 4.13. The predicted octanol–water partition coefficient (Wildman–Crippen LogP) is 3.29. The van der Waals surface area contributed by atoms with Gasteiger partial charge in [-0.05, 0) is 30.7 Å². The number of ether oxygens (including phenoxy) is 1. The van der Waals surface area contributed by atoms with Gasteiger partial charge in [0.1, 0.15) is 5.75 Å². The number of rotatable bonds is 3. The Kier molecular flexibility index (Phi) is 3.61. The Morgan fingerprint density at radius 3 is 2.88 bits per heavy atom. The molecule has 0 bridgehead atoms. The Hall–Kier alpha value is -1.58. The van der Waals surface area contributed by atoms with E-state index in [0.717, 1.165) is 11.1 Å². The molecule has 0 radical (unpaired) electrons. The number of pyridine rings is 1. The molecule has 1 aromatic heterocycles. The van der Waals surface area contributed by atoms with E-state index >= 15 is 0 Å². The van der Waals surface area contributed by atoms with Crippen LogP contribution in [0.2, 0.25) is 5.02 Å². The number of nitrogens with zero attached hydrogens (tertiary/aromatic N) is 1. The summed E-state index contributed by atoms with van der Waals surface area (Å²) in [6, 6.07) is 9.22. The van der Waals surface area contributed by atoms with Gasteiger partial charge in [0, 0.05) is 29.4 Å². The van der Waals surface area contributed by atoms with Crippen molar-refractivity contribution < 1.29 is 4.74 Å². The average Bonchev–Trinajstić information content (AvgIpc) is 2.29. The number of hydrogen-bond acceptors (Lipinski definition) is 3. The maximum absolute atomic E-state index is 6.05. The van der Waals surface area contributed by atoms with Crippen LogP contribution in [0.15, 0.2) is 36.5 Å². The van der Waals surface area contributed by atoms with Crippen molar-refractivity contribution in [2.45, 2.75) is 13.5 Å². The maximum Gasteiger partial charge on any atom is 0.219 e. The largest absolute Gasteiger partial charge is 0.439 e. The van der Waals surface area contributed by atoms with Gasteiger partial charge in [0.05, 0.1) is 0 Å². The van der Waals surface area contributed by atoms with Gasteiger partial charge in [0.25, 0.3) is 0 Å². The minimum atomic E-state index is 0.334. The summed E-state index contributed by atoms with van der Waals surface area (Å²) in [5.41, 5.74) is 7.53. The van der Waals surface area contributed by atoms with Crippen molar-refractivity contribution in [1.29, 1.82) is 0 Å². The fourth-order valence-electron chi connectivity index (χ4n) is 1.51. The van der Waals surface area contributed by atoms with Crippen LogP contribution in [0, 0.1) is 6.92 Å². The molecule has 2 aromatic rings. The summed E-state index contributed by atoms with van der Waals surface area (Å²) in [6.07, 6.45) is 1.71. The first-order valence-electron chi connectivity index (χ1n) is 5.28. The molecule has 0 aliphatic carbocycles. The maximum atomic E-state index is 6.05. The summed E-state index contributed by atoms with van der Waals surface area (Å²) >= 11 is 6.05. The first-order valence-corrected chi connectivity index (χ1v) is 5.66. The molecule has 1 aromatic carbocycles. The normalized spacial score (nSPS) is 10.3. The second-order valence-electron chi connectivity index (χ2n) is 3.69. The number of halogens is 1. The third kappa shape index (κ3) is 2.75. The highest BCUT2D eigenvalue weighted by molar-refractivity contribution is 6.31. The quantitative estimate of drug-likeness (QED) is 0.907. The molecule has 0 amide bonds. The molecule has 0 unspecified atom stereocenters. The number of hydrogen-bond donors (Lipinski definition) is 1. The summed E-state index contributed by atoms with van der Waals surface area (Å²) in [7, 11) is 0. The van der Waals surface area contributed by atoms with Gasteiger partial charge in [-0.25, -0.2) is 4.98 Å². The van der Waals surface area contributed by atoms with Crippen molar-refractivity contribution in [3.63, 3.8) is 0 Å². The molecule has 88 valence electrons. The van der Waals surface area contributed by atoms with Crippen molar-refractivity contribution in [2.75, 3.05) is 0 Å². The van der Waals surface area contributed by atoms with Crippen LogP contribution in [0.25, 0.3) is 0 Å². The van der Waals surface area contributed by atoms with Crippen molar-refractivity contribution in [3.05, 3.63) is 52.7 Å². The van der Waals surface area contributed by atoms with Crippen molar-refractivity contribution in [3.8, 4) is 11.6 Å². The molecule has 0 fully saturated rings. The van der Waals surface area contributed by atoms with Crippen molar-refractivity contribution in [2.24, 2.45) is 5.73 Å². The number of benzene rings is 1. The SMILES string of the molecule is Cc1ccnc(Oc2cccc(Cl)c2CN)c1. The highest BCUT2D eigenvalue weighted by Crippen LogP contribution is 2.29. The molecule has 0 spiro atoms. The molecular formula is C13H13ClN2O. The van der Waals surface area contributed by atoms with Gasteiger partial charge in [0.2, 0.25) is 5.88 Å². The number of aryl methyl sites for hydroxylation is 1. The second-order valence-corrected chi connectivity index (χ2v) is 4.10. The third-order valence-corrected chi connectivity index (χ3v) is 2.74. The molecule has 0 aliphatic heterocycles. The summed E-state index contributed by atoms with van der Waals surface area (Å²) in [5, 5.41) is 0.609. The van der Waals surface area contributed by atoms with Crippen LogP contribution in [0.4, 0.5) is 0 Å². The van der Waals surface area contributed by atoms with Crippen LogP contribution >= 0.6 is 11.6 Å². The minimum Gasteiger partial charge on any atom is -0.439 e. The van der Waals surface area contributed by atoms with Crippen LogP contribution in [-0.4, -0.2) is 4.98 Å². The van der Waals surface area contributed by atoms with E-state index in [1.165, 1.54) is 0 Å². The molecule has 0 saturated carbocycles. The summed E-state index contributed by atoms with van der Waals surface area (Å²) in [5.74, 6) is 1.19. The first-order chi connectivity index (χ1) is 8.20. The fraction of sp³-hybridized carbons (Fsp3) is 0.154. The van der Waals surface area contributed by atoms with Gasteiger partial charge in [-0.1, -0.05) is 17.7 Å². The van der Waals surface area contributed by atoms with Crippen molar-refractivity contribution >= 4 is 11.6 Å². The zero-order chi connectivity index (χ0) is 12.3. The monoisotopic (exact) mass is 248 g/mol. The number of aromatic nitrogens is 1. The zero-order valence-electron chi connectivity index (χ0n) is 9.48. The lowest BCUT2D eigenvalue weighted by Gasteiger charge is -2.10. The third-order valence-electron chi connectivity index (χ3n) is 2.38. The highest BCUT2D eigenvalue weighted by atomic mass is 35.5. The van der Waals surface area contributed by atoms with Gasteiger partial charge >= 0.3 is 0 Å². The Morgan fingerprint density at radius 1 is 1.35 bits per heavy atom. The highest BCUT2D eigenvalue weighted by Gasteiger charge is 2.08. The van der Waals surface area contributed by atoms with E-state index in [1.54, 1.807) is 12.3 Å². The topological polar surface area (TPSA) is 48.1 Å². The standard InChI is InChI=1S/C13H13ClN2O/c1-9-5-6-16-13(7-9)17-12-4-2-3-11(14)10(12)8-15/h2-7H,8,15H2,1H3. The van der Waals surface area contributed by atoms with E-state index in [-0.39, 0.29) is 0 Å². The van der Waals surface area contributed by atoms with Crippen LogP contribution in [0.5, 0.6) is 11.6 Å². The smallest absolute Gasteiger partial charge is 0.219 e. The molecule has 3 nitrogen and oxygen atoms in total. The Balaban J connectivity index is 2.33. The van der Waals surface area contributed by atoms with Gasteiger partial charge < -0.3 is 10.5 Å². The average molecular weight is 249 g/mol. The van der Waals surface area contributed by atoms with Gasteiger partial charge in [0.15, 0.2) is 0 Å². The Labute approximate surface area is 105 Å². The molecule has 1 heterocycles. The van der Waals surface area contributed by atoms with Crippen LogP contribution < -0.4 is 10.5 Å². The minimum absolute atomic E-state index is 0.334. The van der Waals surface area contributed by atoms with Crippen LogP contribution in [0.3, 0.4) is 0 Å². The number of nitrogens with two attached hydrogens (primary N) is 1. The molecular weight excluding hydrogens is 236 g/mol. The molecule has 2 N–H and O–H groups in total. The molecule has 0 saturated heterocycles. The van der Waals surface area contributed by atoms with Crippen molar-refractivity contribution in [1.82, 2.24) is 4.98 Å². The predicted molar refractivity (Wildman–Crippen MR) is 68.4 cm³/mol. The lowest BCUT2D eigenvalue weighted by molar-refractivity contribution is 0.457. The molecule has 0 aliphatic rings.